The number of rotatable bonds is 12. The Labute approximate surface area is 278 Å². The number of pyridine rings is 1. The van der Waals surface area contributed by atoms with Crippen LogP contribution in [0, 0.1) is 22.6 Å². The highest BCUT2D eigenvalue weighted by Gasteiger charge is 2.27. The topological polar surface area (TPSA) is 153 Å². The number of hydrogen-bond donors (Lipinski definition) is 2. The summed E-state index contributed by atoms with van der Waals surface area (Å²) in [6.45, 7) is 9.09. The molecule has 0 aliphatic rings. The Bertz CT molecular complexity index is 1840. The second-order valence-corrected chi connectivity index (χ2v) is 12.7. The van der Waals surface area contributed by atoms with Crippen molar-refractivity contribution in [2.45, 2.75) is 46.6 Å². The zero-order valence-electron chi connectivity index (χ0n) is 27.6. The van der Waals surface area contributed by atoms with Crippen LogP contribution in [0.15, 0.2) is 71.3 Å². The van der Waals surface area contributed by atoms with E-state index in [9.17, 15) is 24.0 Å². The quantitative estimate of drug-likeness (QED) is 0.125. The molecule has 2 aromatic heterocycles. The predicted molar refractivity (Wildman–Crippen MR) is 176 cm³/mol. The van der Waals surface area contributed by atoms with E-state index in [0.717, 1.165) is 0 Å². The third kappa shape index (κ3) is 9.27. The van der Waals surface area contributed by atoms with E-state index < -0.39 is 28.6 Å². The van der Waals surface area contributed by atoms with Crippen molar-refractivity contribution in [3.63, 3.8) is 0 Å². The molecule has 0 saturated carbocycles. The minimum atomic E-state index is -0.649. The molecule has 2 N–H and O–H groups in total. The number of carbonyl (C=O) groups is 3. The van der Waals surface area contributed by atoms with Gasteiger partial charge in [0, 0.05) is 36.4 Å². The molecule has 12 heteroatoms. The van der Waals surface area contributed by atoms with Crippen LogP contribution in [0.4, 0.5) is 10.2 Å². The smallest absolute Gasteiger partial charge is 0.306 e. The molecular formula is C36H37FN4O7. The molecule has 2 aromatic carbocycles. The van der Waals surface area contributed by atoms with Crippen LogP contribution in [0.3, 0.4) is 0 Å². The van der Waals surface area contributed by atoms with Crippen LogP contribution in [0.25, 0.3) is 22.4 Å². The summed E-state index contributed by atoms with van der Waals surface area (Å²) in [5.74, 6) is -1.96. The van der Waals surface area contributed by atoms with E-state index in [1.54, 1.807) is 57.2 Å². The highest BCUT2D eigenvalue weighted by Crippen LogP contribution is 2.37. The normalized spacial score (nSPS) is 11.4. The fraction of sp³-hybridized carbons (Fsp3) is 0.306. The van der Waals surface area contributed by atoms with Crippen molar-refractivity contribution in [1.29, 1.82) is 5.26 Å². The maximum atomic E-state index is 14.2. The first-order valence-corrected chi connectivity index (χ1v) is 15.0. The molecule has 11 nitrogen and oxygen atoms in total. The molecule has 0 saturated heterocycles. The SMILES string of the molecule is COCOc1cc(F)ccc1-c1cc(-c2cccc(C(=O)NCC(C)(C)CC(=O)OC(C)(C)C)c2)c(C#N)c(NC(=O)c2ccco2)n1. The number of ether oxygens (including phenoxy) is 3. The van der Waals surface area contributed by atoms with Gasteiger partial charge in [-0.2, -0.15) is 5.26 Å². The molecule has 2 heterocycles. The van der Waals surface area contributed by atoms with Crippen molar-refractivity contribution < 1.29 is 37.4 Å². The lowest BCUT2D eigenvalue weighted by Crippen LogP contribution is -2.36. The fourth-order valence-corrected chi connectivity index (χ4v) is 4.72. The summed E-state index contributed by atoms with van der Waals surface area (Å²) in [4.78, 5) is 43.3. The molecule has 0 aliphatic carbocycles. The number of furan rings is 1. The molecule has 2 amide bonds. The van der Waals surface area contributed by atoms with Crippen LogP contribution >= 0.6 is 0 Å². The number of nitrogens with zero attached hydrogens (tertiary/aromatic N) is 2. The minimum absolute atomic E-state index is 0.00759. The second-order valence-electron chi connectivity index (χ2n) is 12.7. The zero-order chi connectivity index (χ0) is 35.1. The molecule has 0 fully saturated rings. The van der Waals surface area contributed by atoms with Crippen molar-refractivity contribution in [3.8, 4) is 34.2 Å². The van der Waals surface area contributed by atoms with Crippen LogP contribution in [0.5, 0.6) is 5.75 Å². The maximum absolute atomic E-state index is 14.2. The highest BCUT2D eigenvalue weighted by molar-refractivity contribution is 6.03. The largest absolute Gasteiger partial charge is 0.467 e. The Kier molecular flexibility index (Phi) is 11.0. The molecule has 48 heavy (non-hydrogen) atoms. The molecule has 0 atom stereocenters. The van der Waals surface area contributed by atoms with Crippen LogP contribution in [-0.4, -0.2) is 48.8 Å². The van der Waals surface area contributed by atoms with Gasteiger partial charge in [0.15, 0.2) is 18.4 Å². The number of esters is 1. The molecular weight excluding hydrogens is 619 g/mol. The summed E-state index contributed by atoms with van der Waals surface area (Å²) < 4.78 is 35.5. The first-order valence-electron chi connectivity index (χ1n) is 15.0. The number of carbonyl (C=O) groups excluding carboxylic acids is 3. The van der Waals surface area contributed by atoms with E-state index in [1.165, 1.54) is 37.6 Å². The zero-order valence-corrected chi connectivity index (χ0v) is 27.6. The van der Waals surface area contributed by atoms with Gasteiger partial charge in [0.25, 0.3) is 11.8 Å². The van der Waals surface area contributed by atoms with Gasteiger partial charge in [0.1, 0.15) is 28.8 Å². The van der Waals surface area contributed by atoms with Gasteiger partial charge in [-0.05, 0) is 74.2 Å². The summed E-state index contributed by atoms with van der Waals surface area (Å²) in [6, 6.07) is 17.1. The molecule has 0 radical (unpaired) electrons. The van der Waals surface area contributed by atoms with E-state index in [4.69, 9.17) is 18.6 Å². The number of anilines is 1. The van der Waals surface area contributed by atoms with Crippen LogP contribution in [0.2, 0.25) is 0 Å². The Morgan fingerprint density at radius 3 is 2.42 bits per heavy atom. The summed E-state index contributed by atoms with van der Waals surface area (Å²) in [6.07, 6.45) is 1.43. The van der Waals surface area contributed by atoms with Crippen molar-refractivity contribution in [2.24, 2.45) is 5.41 Å². The monoisotopic (exact) mass is 656 g/mol. The van der Waals surface area contributed by atoms with Gasteiger partial charge in [-0.1, -0.05) is 26.0 Å². The third-order valence-corrected chi connectivity index (χ3v) is 6.87. The molecule has 4 aromatic rings. The Morgan fingerprint density at radius 1 is 0.979 bits per heavy atom. The number of benzene rings is 2. The lowest BCUT2D eigenvalue weighted by atomic mass is 9.89. The summed E-state index contributed by atoms with van der Waals surface area (Å²) in [7, 11) is 1.42. The van der Waals surface area contributed by atoms with E-state index in [2.05, 4.69) is 21.7 Å². The first-order chi connectivity index (χ1) is 22.7. The minimum Gasteiger partial charge on any atom is -0.467 e. The molecule has 0 spiro atoms. The van der Waals surface area contributed by atoms with E-state index >= 15 is 0 Å². The van der Waals surface area contributed by atoms with Crippen LogP contribution < -0.4 is 15.4 Å². The predicted octanol–water partition coefficient (Wildman–Crippen LogP) is 6.74. The van der Waals surface area contributed by atoms with Gasteiger partial charge in [0.2, 0.25) is 0 Å². The molecule has 0 unspecified atom stereocenters. The molecule has 0 bridgehead atoms. The van der Waals surface area contributed by atoms with Crippen molar-refractivity contribution in [2.75, 3.05) is 25.8 Å². The van der Waals surface area contributed by atoms with Crippen molar-refractivity contribution >= 4 is 23.6 Å². The third-order valence-electron chi connectivity index (χ3n) is 6.87. The van der Waals surface area contributed by atoms with Gasteiger partial charge in [0.05, 0.1) is 18.4 Å². The lowest BCUT2D eigenvalue weighted by molar-refractivity contribution is -0.157. The first kappa shape index (κ1) is 35.3. The fourth-order valence-electron chi connectivity index (χ4n) is 4.72. The van der Waals surface area contributed by atoms with E-state index in [-0.39, 0.29) is 59.9 Å². The van der Waals surface area contributed by atoms with Gasteiger partial charge in [-0.3, -0.25) is 14.4 Å². The Hall–Kier alpha value is -5.54. The molecule has 4 rings (SSSR count). The van der Waals surface area contributed by atoms with Crippen LogP contribution in [-0.2, 0) is 14.3 Å². The summed E-state index contributed by atoms with van der Waals surface area (Å²) in [5, 5.41) is 15.8. The van der Waals surface area contributed by atoms with E-state index in [1.807, 2.05) is 13.8 Å². The highest BCUT2D eigenvalue weighted by atomic mass is 19.1. The maximum Gasteiger partial charge on any atom is 0.306 e. The van der Waals surface area contributed by atoms with Gasteiger partial charge in [-0.15, -0.1) is 0 Å². The number of nitriles is 1. The Balaban J connectivity index is 1.72. The van der Waals surface area contributed by atoms with Crippen molar-refractivity contribution in [3.05, 3.63) is 89.6 Å². The standard InChI is InChI=1S/C36H37FN4O7/c1-35(2,3)48-31(42)18-36(4,5)20-39-33(43)23-10-7-9-22(15-23)26-17-28(25-13-12-24(37)16-30(25)47-21-45-6)40-32(27(26)19-38)41-34(44)29-11-8-14-46-29/h7-17H,18,20-21H2,1-6H3,(H,39,43)(H,40,41,44). The summed E-state index contributed by atoms with van der Waals surface area (Å²) in [5.41, 5.74) is 0.471. The number of hydrogen-bond acceptors (Lipinski definition) is 9. The Morgan fingerprint density at radius 2 is 1.75 bits per heavy atom. The van der Waals surface area contributed by atoms with Crippen molar-refractivity contribution in [1.82, 2.24) is 10.3 Å². The average molecular weight is 657 g/mol. The molecule has 0 aliphatic heterocycles. The van der Waals surface area contributed by atoms with Gasteiger partial charge < -0.3 is 29.3 Å². The number of nitrogens with one attached hydrogen (secondary N) is 2. The number of aromatic nitrogens is 1. The van der Waals surface area contributed by atoms with Crippen LogP contribution in [0.1, 0.15) is 67.5 Å². The average Bonchev–Trinajstić information content (AvgIpc) is 3.57. The van der Waals surface area contributed by atoms with Gasteiger partial charge in [-0.25, -0.2) is 9.37 Å². The van der Waals surface area contributed by atoms with Gasteiger partial charge >= 0.3 is 5.97 Å². The lowest BCUT2D eigenvalue weighted by Gasteiger charge is -2.27. The molecule has 250 valence electrons. The number of amides is 2. The van der Waals surface area contributed by atoms with E-state index in [0.29, 0.717) is 16.7 Å². The number of halogens is 1. The summed E-state index contributed by atoms with van der Waals surface area (Å²) >= 11 is 0. The number of methoxy groups -OCH3 is 1. The second kappa shape index (κ2) is 14.9.